The number of pyridine rings is 1. The Hall–Kier alpha value is -3.42. The SMILES string of the molecule is Cc1cc(-c2cc(-c3cncc([C@@](O)(c4ccc(C(C)C)cc4)C4(C)CN(C)C4)c3)n[nH]2)ncn1. The monoisotopic (exact) mass is 468 g/mol. The molecule has 3 aromatic heterocycles. The molecule has 7 heteroatoms. The van der Waals surface area contributed by atoms with Gasteiger partial charge in [-0.2, -0.15) is 5.10 Å². The molecular weight excluding hydrogens is 436 g/mol. The van der Waals surface area contributed by atoms with E-state index < -0.39 is 5.60 Å². The predicted molar refractivity (Wildman–Crippen MR) is 137 cm³/mol. The van der Waals surface area contributed by atoms with Crippen molar-refractivity contribution in [3.05, 3.63) is 83.6 Å². The Balaban J connectivity index is 1.56. The molecule has 7 nitrogen and oxygen atoms in total. The first-order chi connectivity index (χ1) is 16.7. The molecule has 1 atom stereocenters. The molecule has 0 aliphatic carbocycles. The summed E-state index contributed by atoms with van der Waals surface area (Å²) in [5.41, 5.74) is 5.43. The van der Waals surface area contributed by atoms with Crippen molar-refractivity contribution in [2.75, 3.05) is 20.1 Å². The van der Waals surface area contributed by atoms with Crippen molar-refractivity contribution < 1.29 is 5.11 Å². The number of likely N-dealkylation sites (tertiary alicyclic amines) is 1. The number of aryl methyl sites for hydroxylation is 1. The normalized spacial score (nSPS) is 17.2. The van der Waals surface area contributed by atoms with E-state index >= 15 is 0 Å². The highest BCUT2D eigenvalue weighted by molar-refractivity contribution is 5.66. The minimum Gasteiger partial charge on any atom is -0.380 e. The van der Waals surface area contributed by atoms with Crippen molar-refractivity contribution in [1.82, 2.24) is 30.0 Å². The molecule has 0 bridgehead atoms. The Labute approximate surface area is 206 Å². The second-order valence-corrected chi connectivity index (χ2v) is 10.4. The largest absolute Gasteiger partial charge is 0.380 e. The topological polar surface area (TPSA) is 90.8 Å². The van der Waals surface area contributed by atoms with Gasteiger partial charge in [0.05, 0.1) is 17.1 Å². The summed E-state index contributed by atoms with van der Waals surface area (Å²) in [6, 6.07) is 14.3. The molecule has 0 spiro atoms. The van der Waals surface area contributed by atoms with Gasteiger partial charge in [-0.3, -0.25) is 10.1 Å². The van der Waals surface area contributed by atoms with Crippen LogP contribution >= 0.6 is 0 Å². The Kier molecular flexibility index (Phi) is 5.77. The molecule has 0 unspecified atom stereocenters. The summed E-state index contributed by atoms with van der Waals surface area (Å²) in [6.45, 7) is 10.0. The molecule has 1 aliphatic heterocycles. The van der Waals surface area contributed by atoms with Crippen molar-refractivity contribution in [2.45, 2.75) is 39.2 Å². The van der Waals surface area contributed by atoms with Crippen LogP contribution < -0.4 is 0 Å². The molecule has 2 N–H and O–H groups in total. The molecule has 4 aromatic rings. The molecule has 0 radical (unpaired) electrons. The van der Waals surface area contributed by atoms with E-state index in [4.69, 9.17) is 0 Å². The number of nitrogens with zero attached hydrogens (tertiary/aromatic N) is 5. The molecule has 0 saturated carbocycles. The molecule has 35 heavy (non-hydrogen) atoms. The van der Waals surface area contributed by atoms with Crippen LogP contribution in [0.2, 0.25) is 0 Å². The smallest absolute Gasteiger partial charge is 0.124 e. The fourth-order valence-corrected chi connectivity index (χ4v) is 5.33. The van der Waals surface area contributed by atoms with Gasteiger partial charge >= 0.3 is 0 Å². The number of H-pyrrole nitrogens is 1. The lowest BCUT2D eigenvalue weighted by molar-refractivity contribution is -0.127. The Morgan fingerprint density at radius 3 is 2.40 bits per heavy atom. The van der Waals surface area contributed by atoms with Crippen LogP contribution in [0.4, 0.5) is 0 Å². The molecule has 1 aromatic carbocycles. The summed E-state index contributed by atoms with van der Waals surface area (Å²) in [7, 11) is 2.08. The maximum absolute atomic E-state index is 12.5. The third-order valence-electron chi connectivity index (χ3n) is 7.22. The highest BCUT2D eigenvalue weighted by Gasteiger charge is 2.55. The number of hydrogen-bond donors (Lipinski definition) is 2. The van der Waals surface area contributed by atoms with Crippen LogP contribution in [-0.4, -0.2) is 55.3 Å². The number of benzene rings is 1. The van der Waals surface area contributed by atoms with Gasteiger partial charge in [-0.1, -0.05) is 45.0 Å². The van der Waals surface area contributed by atoms with E-state index in [2.05, 4.69) is 82.1 Å². The van der Waals surface area contributed by atoms with Crippen LogP contribution in [0.25, 0.3) is 22.6 Å². The average Bonchev–Trinajstić information content (AvgIpc) is 3.33. The first-order valence-corrected chi connectivity index (χ1v) is 12.0. The number of hydrogen-bond acceptors (Lipinski definition) is 6. The van der Waals surface area contributed by atoms with Crippen molar-refractivity contribution >= 4 is 0 Å². The highest BCUT2D eigenvalue weighted by atomic mass is 16.3. The molecule has 4 heterocycles. The molecule has 1 fully saturated rings. The summed E-state index contributed by atoms with van der Waals surface area (Å²) in [4.78, 5) is 15.3. The molecule has 180 valence electrons. The minimum atomic E-state index is -1.19. The van der Waals surface area contributed by atoms with Crippen molar-refractivity contribution in [1.29, 1.82) is 0 Å². The summed E-state index contributed by atoms with van der Waals surface area (Å²) >= 11 is 0. The van der Waals surface area contributed by atoms with Crippen molar-refractivity contribution in [3.63, 3.8) is 0 Å². The van der Waals surface area contributed by atoms with Gasteiger partial charge in [-0.15, -0.1) is 0 Å². The minimum absolute atomic E-state index is 0.351. The standard InChI is InChI=1S/C28H32N6O/c1-18(2)20-6-8-22(9-7-20)28(35,27(4)15-34(5)16-27)23-11-21(13-29-14-23)24-12-26(33-32-24)25-10-19(3)30-17-31-25/h6-14,17-18,35H,15-16H2,1-5H3,(H,32,33)/t28-/m0/s1. The van der Waals surface area contributed by atoms with Gasteiger partial charge in [0.2, 0.25) is 0 Å². The van der Waals surface area contributed by atoms with Gasteiger partial charge in [0.1, 0.15) is 11.9 Å². The Morgan fingerprint density at radius 1 is 1.00 bits per heavy atom. The zero-order valence-corrected chi connectivity index (χ0v) is 20.9. The first kappa shape index (κ1) is 23.3. The van der Waals surface area contributed by atoms with Gasteiger partial charge in [0.25, 0.3) is 0 Å². The summed E-state index contributed by atoms with van der Waals surface area (Å²) in [5, 5.41) is 20.0. The lowest BCUT2D eigenvalue weighted by Gasteiger charge is -2.55. The average molecular weight is 469 g/mol. The zero-order chi connectivity index (χ0) is 24.8. The number of aromatic nitrogens is 5. The second kappa shape index (κ2) is 8.66. The van der Waals surface area contributed by atoms with Crippen molar-refractivity contribution in [2.24, 2.45) is 5.41 Å². The van der Waals surface area contributed by atoms with Crippen LogP contribution in [-0.2, 0) is 5.60 Å². The van der Waals surface area contributed by atoms with Crippen LogP contribution in [0.3, 0.4) is 0 Å². The Morgan fingerprint density at radius 2 is 1.74 bits per heavy atom. The third kappa shape index (κ3) is 4.05. The van der Waals surface area contributed by atoms with E-state index in [0.29, 0.717) is 5.92 Å². The fourth-order valence-electron chi connectivity index (χ4n) is 5.33. The number of aliphatic hydroxyl groups is 1. The van der Waals surface area contributed by atoms with Crippen LogP contribution in [0.15, 0.2) is 61.2 Å². The maximum atomic E-state index is 12.5. The fraction of sp³-hybridized carbons (Fsp3) is 0.357. The lowest BCUT2D eigenvalue weighted by Crippen LogP contribution is -2.63. The molecule has 1 saturated heterocycles. The molecule has 1 aliphatic rings. The number of rotatable bonds is 6. The molecule has 0 amide bonds. The van der Waals surface area contributed by atoms with Gasteiger partial charge in [-0.25, -0.2) is 9.97 Å². The van der Waals surface area contributed by atoms with Crippen LogP contribution in [0.1, 0.15) is 49.1 Å². The maximum Gasteiger partial charge on any atom is 0.124 e. The van der Waals surface area contributed by atoms with E-state index in [0.717, 1.165) is 52.6 Å². The lowest BCUT2D eigenvalue weighted by atomic mass is 9.62. The van der Waals surface area contributed by atoms with Gasteiger partial charge in [0.15, 0.2) is 0 Å². The van der Waals surface area contributed by atoms with Gasteiger partial charge in [-0.05, 0) is 49.2 Å². The third-order valence-corrected chi connectivity index (χ3v) is 7.22. The second-order valence-electron chi connectivity index (χ2n) is 10.4. The van der Waals surface area contributed by atoms with Crippen LogP contribution in [0, 0.1) is 12.3 Å². The summed E-state index contributed by atoms with van der Waals surface area (Å²) in [6.07, 6.45) is 5.12. The van der Waals surface area contributed by atoms with E-state index in [9.17, 15) is 5.11 Å². The van der Waals surface area contributed by atoms with Gasteiger partial charge < -0.3 is 10.0 Å². The number of nitrogens with one attached hydrogen (secondary N) is 1. The Bertz CT molecular complexity index is 1340. The van der Waals surface area contributed by atoms with Crippen LogP contribution in [0.5, 0.6) is 0 Å². The molecule has 5 rings (SSSR count). The highest BCUT2D eigenvalue weighted by Crippen LogP contribution is 2.50. The first-order valence-electron chi connectivity index (χ1n) is 12.0. The van der Waals surface area contributed by atoms with Gasteiger partial charge in [0, 0.05) is 47.7 Å². The van der Waals surface area contributed by atoms with Crippen molar-refractivity contribution in [3.8, 4) is 22.6 Å². The van der Waals surface area contributed by atoms with E-state index in [1.54, 1.807) is 18.7 Å². The van der Waals surface area contributed by atoms with E-state index in [1.165, 1.54) is 5.56 Å². The summed E-state index contributed by atoms with van der Waals surface area (Å²) < 4.78 is 0. The molecular formula is C28H32N6O. The van der Waals surface area contributed by atoms with E-state index in [1.807, 2.05) is 25.1 Å². The quantitative estimate of drug-likeness (QED) is 0.431. The van der Waals surface area contributed by atoms with E-state index in [-0.39, 0.29) is 5.41 Å². The predicted octanol–water partition coefficient (Wildman–Crippen LogP) is 4.55. The zero-order valence-electron chi connectivity index (χ0n) is 20.9. The summed E-state index contributed by atoms with van der Waals surface area (Å²) in [5.74, 6) is 0.431. The number of aromatic amines is 1.